The van der Waals surface area contributed by atoms with Gasteiger partial charge in [-0.3, -0.25) is 29.4 Å². The zero-order chi connectivity index (χ0) is 41.4. The molecule has 5 fully saturated rings. The molecule has 6 aliphatic heterocycles. The highest BCUT2D eigenvalue weighted by atomic mass is 19.1. The Bertz CT molecular complexity index is 2460. The van der Waals surface area contributed by atoms with E-state index in [4.69, 9.17) is 9.47 Å². The molecule has 60 heavy (non-hydrogen) atoms. The van der Waals surface area contributed by atoms with Crippen LogP contribution in [0.3, 0.4) is 0 Å². The number of rotatable bonds is 10. The number of nitrogens with one attached hydrogen (secondary N) is 1. The molecule has 5 saturated heterocycles. The Hall–Kier alpha value is -5.54. The van der Waals surface area contributed by atoms with Crippen LogP contribution >= 0.6 is 0 Å². The van der Waals surface area contributed by atoms with Crippen LogP contribution in [0, 0.1) is 17.2 Å². The number of nitrogens with zero attached hydrogens (tertiary/aromatic N) is 7. The fourth-order valence-corrected chi connectivity index (χ4v) is 10.4. The summed E-state index contributed by atoms with van der Waals surface area (Å²) in [5, 5.41) is 2.87. The van der Waals surface area contributed by atoms with E-state index < -0.39 is 11.9 Å². The topological polar surface area (TPSA) is 133 Å². The Kier molecular flexibility index (Phi) is 9.58. The number of amides is 3. The highest BCUT2D eigenvalue weighted by Gasteiger charge is 2.46. The molecule has 2 aromatic heterocycles. The Morgan fingerprint density at radius 1 is 0.917 bits per heavy atom. The molecule has 10 rings (SSSR count). The fourth-order valence-electron chi connectivity index (χ4n) is 10.4. The van der Waals surface area contributed by atoms with E-state index in [1.54, 1.807) is 32.4 Å². The zero-order valence-electron chi connectivity index (χ0n) is 34.5. The second-order valence-corrected chi connectivity index (χ2v) is 17.8. The van der Waals surface area contributed by atoms with E-state index in [2.05, 4.69) is 31.1 Å². The maximum absolute atomic E-state index is 16.2. The Balaban J connectivity index is 0.742. The van der Waals surface area contributed by atoms with E-state index in [0.29, 0.717) is 59.0 Å². The summed E-state index contributed by atoms with van der Waals surface area (Å²) in [4.78, 5) is 65.9. The molecule has 14 nitrogen and oxygen atoms in total. The van der Waals surface area contributed by atoms with Gasteiger partial charge in [-0.25, -0.2) is 9.37 Å². The molecule has 2 aromatic carbocycles. The third-order valence-corrected chi connectivity index (χ3v) is 14.0. The highest BCUT2D eigenvalue weighted by Crippen LogP contribution is 2.45. The summed E-state index contributed by atoms with van der Waals surface area (Å²) < 4.78 is 29.5. The molecule has 0 saturated carbocycles. The summed E-state index contributed by atoms with van der Waals surface area (Å²) in [6, 6.07) is 9.35. The molecule has 6 aliphatic rings. The molecule has 1 unspecified atom stereocenters. The molecule has 0 radical (unpaired) electrons. The zero-order valence-corrected chi connectivity index (χ0v) is 34.5. The first-order chi connectivity index (χ1) is 29.0. The normalized spacial score (nSPS) is 21.8. The van der Waals surface area contributed by atoms with Crippen molar-refractivity contribution in [3.8, 4) is 22.6 Å². The van der Waals surface area contributed by atoms with Crippen LogP contribution in [0.1, 0.15) is 53.6 Å². The van der Waals surface area contributed by atoms with Gasteiger partial charge in [0.1, 0.15) is 17.5 Å². The van der Waals surface area contributed by atoms with Crippen LogP contribution in [-0.4, -0.2) is 121 Å². The number of piperidine rings is 2. The number of likely N-dealkylation sites (tertiary alicyclic amines) is 2. The first-order valence-corrected chi connectivity index (χ1v) is 21.2. The van der Waals surface area contributed by atoms with E-state index >= 15 is 4.39 Å². The van der Waals surface area contributed by atoms with Crippen molar-refractivity contribution in [1.82, 2.24) is 29.6 Å². The Labute approximate surface area is 347 Å². The van der Waals surface area contributed by atoms with Gasteiger partial charge in [0.25, 0.3) is 11.5 Å². The van der Waals surface area contributed by atoms with Crippen molar-refractivity contribution in [3.05, 3.63) is 75.6 Å². The number of anilines is 2. The molecule has 0 bridgehead atoms. The Morgan fingerprint density at radius 2 is 1.65 bits per heavy atom. The maximum Gasteiger partial charge on any atom is 0.259 e. The molecule has 4 aromatic rings. The largest absolute Gasteiger partial charge is 0.496 e. The number of carbonyl (C=O) groups is 3. The number of benzene rings is 2. The molecule has 1 atom stereocenters. The van der Waals surface area contributed by atoms with Crippen LogP contribution in [-0.2, 0) is 29.7 Å². The fraction of sp³-hybridized carbons (Fsp3) is 0.489. The number of ether oxygens (including phenoxy) is 2. The lowest BCUT2D eigenvalue weighted by molar-refractivity contribution is -0.136. The molecular formula is C45H51FN8O6. The third kappa shape index (κ3) is 6.57. The second kappa shape index (κ2) is 14.9. The quantitative estimate of drug-likeness (QED) is 0.235. The van der Waals surface area contributed by atoms with Crippen molar-refractivity contribution in [2.45, 2.75) is 51.2 Å². The smallest absolute Gasteiger partial charge is 0.259 e. The summed E-state index contributed by atoms with van der Waals surface area (Å²) in [7, 11) is 4.95. The number of fused-ring (bicyclic) bond motifs is 2. The van der Waals surface area contributed by atoms with Crippen molar-refractivity contribution in [3.63, 3.8) is 0 Å². The summed E-state index contributed by atoms with van der Waals surface area (Å²) >= 11 is 0. The minimum atomic E-state index is -0.602. The molecule has 15 heteroatoms. The molecule has 3 amide bonds. The van der Waals surface area contributed by atoms with Gasteiger partial charge in [-0.1, -0.05) is 6.07 Å². The Morgan fingerprint density at radius 3 is 2.32 bits per heavy atom. The molecule has 1 N–H and O–H groups in total. The SMILES string of the molecule is COc1cc(-c2cn(C)c(=O)c3cnc(N4CCC4)c(F)c23)cc(OC)c1CN1CC(CN2CCC3(CC2)CN(c2ccc4c(c2)C(=O)N(C2CCC(=O)NC2=O)C4)C3)C1. The van der Waals surface area contributed by atoms with Gasteiger partial charge in [0, 0.05) is 112 Å². The number of methoxy groups -OCH3 is 2. The van der Waals surface area contributed by atoms with Gasteiger partial charge in [0.2, 0.25) is 11.8 Å². The molecule has 1 spiro atoms. The average Bonchev–Trinajstić information content (AvgIpc) is 3.52. The van der Waals surface area contributed by atoms with Crippen molar-refractivity contribution in [1.29, 1.82) is 0 Å². The minimum Gasteiger partial charge on any atom is -0.496 e. The summed E-state index contributed by atoms with van der Waals surface area (Å²) in [6.45, 7) is 9.67. The number of aromatic nitrogens is 2. The van der Waals surface area contributed by atoms with E-state index in [9.17, 15) is 19.2 Å². The number of imide groups is 1. The standard InChI is InChI=1S/C45H51FN8O6/c1-49-23-33(39-32(43(49)57)18-47-41(40(39)46)52-11-4-12-52)29-15-36(59-2)34(37(16-29)60-3)24-51-20-27(21-51)19-50-13-9-45(10-14-50)25-53(26-45)30-6-5-28-22-54(44(58)31(28)17-30)35-7-8-38(55)48-42(35)56/h5-6,15-18,23,27,35H,4,7-14,19-22,24-26H2,1-3H3,(H,48,55,56). The molecular weight excluding hydrogens is 768 g/mol. The highest BCUT2D eigenvalue weighted by molar-refractivity contribution is 6.06. The molecule has 8 heterocycles. The van der Waals surface area contributed by atoms with Gasteiger partial charge in [-0.15, -0.1) is 0 Å². The van der Waals surface area contributed by atoms with E-state index in [0.717, 1.165) is 95.0 Å². The second-order valence-electron chi connectivity index (χ2n) is 17.8. The summed E-state index contributed by atoms with van der Waals surface area (Å²) in [5.41, 5.74) is 4.87. The first-order valence-electron chi connectivity index (χ1n) is 21.2. The van der Waals surface area contributed by atoms with E-state index in [1.807, 2.05) is 29.2 Å². The number of aryl methyl sites for hydroxylation is 1. The lowest BCUT2D eigenvalue weighted by atomic mass is 9.71. The van der Waals surface area contributed by atoms with Gasteiger partial charge in [0.15, 0.2) is 11.6 Å². The first kappa shape index (κ1) is 38.6. The lowest BCUT2D eigenvalue weighted by Gasteiger charge is -2.55. The van der Waals surface area contributed by atoms with Gasteiger partial charge in [0.05, 0.1) is 25.2 Å². The van der Waals surface area contributed by atoms with Gasteiger partial charge >= 0.3 is 0 Å². The summed E-state index contributed by atoms with van der Waals surface area (Å²) in [5.74, 6) is 0.888. The van der Waals surface area contributed by atoms with Crippen molar-refractivity contribution < 1.29 is 28.2 Å². The van der Waals surface area contributed by atoms with Crippen molar-refractivity contribution in [2.24, 2.45) is 18.4 Å². The lowest BCUT2D eigenvalue weighted by Crippen LogP contribution is -2.61. The van der Waals surface area contributed by atoms with Crippen LogP contribution in [0.5, 0.6) is 11.5 Å². The van der Waals surface area contributed by atoms with Gasteiger partial charge < -0.3 is 33.6 Å². The summed E-state index contributed by atoms with van der Waals surface area (Å²) in [6.07, 6.45) is 7.08. The number of carbonyl (C=O) groups excluding carboxylic acids is 3. The van der Waals surface area contributed by atoms with Crippen LogP contribution in [0.25, 0.3) is 21.9 Å². The van der Waals surface area contributed by atoms with E-state index in [1.165, 1.54) is 10.8 Å². The van der Waals surface area contributed by atoms with Crippen LogP contribution in [0.2, 0.25) is 0 Å². The monoisotopic (exact) mass is 818 g/mol. The number of hydrogen-bond acceptors (Lipinski definition) is 11. The average molecular weight is 819 g/mol. The van der Waals surface area contributed by atoms with Gasteiger partial charge in [-0.05, 0) is 80.1 Å². The van der Waals surface area contributed by atoms with Crippen molar-refractivity contribution in [2.75, 3.05) is 82.9 Å². The van der Waals surface area contributed by atoms with Crippen LogP contribution in [0.15, 0.2) is 47.5 Å². The number of halogens is 1. The molecule has 0 aliphatic carbocycles. The minimum absolute atomic E-state index is 0.130. The van der Waals surface area contributed by atoms with E-state index in [-0.39, 0.29) is 46.3 Å². The van der Waals surface area contributed by atoms with Crippen LogP contribution < -0.4 is 30.1 Å². The number of hydrogen-bond donors (Lipinski definition) is 1. The predicted octanol–water partition coefficient (Wildman–Crippen LogP) is 3.76. The predicted molar refractivity (Wildman–Crippen MR) is 224 cm³/mol. The number of pyridine rings is 2. The molecule has 314 valence electrons. The van der Waals surface area contributed by atoms with Crippen LogP contribution in [0.4, 0.5) is 15.9 Å². The maximum atomic E-state index is 16.2. The van der Waals surface area contributed by atoms with Gasteiger partial charge in [-0.2, -0.15) is 0 Å². The van der Waals surface area contributed by atoms with Crippen molar-refractivity contribution >= 4 is 40.0 Å². The third-order valence-electron chi connectivity index (χ3n) is 14.0.